The van der Waals surface area contributed by atoms with E-state index in [0.29, 0.717) is 35.5 Å². The van der Waals surface area contributed by atoms with Gasteiger partial charge in [0.05, 0.1) is 5.02 Å². The first kappa shape index (κ1) is 23.4. The highest BCUT2D eigenvalue weighted by Gasteiger charge is 2.41. The fourth-order valence-electron chi connectivity index (χ4n) is 6.03. The number of likely N-dealkylation sites (tertiary alicyclic amines) is 1. The first-order chi connectivity index (χ1) is 17.5. The van der Waals surface area contributed by atoms with Crippen LogP contribution < -0.4 is 10.1 Å². The van der Waals surface area contributed by atoms with E-state index in [4.69, 9.17) is 16.3 Å². The molecule has 3 fully saturated rings. The topological polar surface area (TPSA) is 91.8 Å². The van der Waals surface area contributed by atoms with Gasteiger partial charge in [0.1, 0.15) is 17.9 Å². The van der Waals surface area contributed by atoms with Crippen molar-refractivity contribution in [3.8, 4) is 5.75 Å². The molecule has 9 heteroatoms. The largest absolute Gasteiger partial charge is 0.489 e. The molecule has 1 aromatic heterocycles. The third-order valence-corrected chi connectivity index (χ3v) is 8.22. The van der Waals surface area contributed by atoms with E-state index >= 15 is 0 Å². The van der Waals surface area contributed by atoms with Gasteiger partial charge in [0.2, 0.25) is 11.8 Å². The second-order valence-electron chi connectivity index (χ2n) is 10.3. The lowest BCUT2D eigenvalue weighted by Gasteiger charge is -2.48. The van der Waals surface area contributed by atoms with Crippen LogP contribution in [-0.4, -0.2) is 63.8 Å². The minimum absolute atomic E-state index is 0.0965. The van der Waals surface area contributed by atoms with Crippen LogP contribution in [-0.2, 0) is 16.1 Å². The molecular formula is C27H29ClN4O4. The van der Waals surface area contributed by atoms with Crippen molar-refractivity contribution in [2.75, 3.05) is 13.1 Å². The lowest BCUT2D eigenvalue weighted by atomic mass is 9.85. The zero-order valence-electron chi connectivity index (χ0n) is 20.0. The molecule has 0 bridgehead atoms. The lowest BCUT2D eigenvalue weighted by molar-refractivity contribution is -0.136. The zero-order chi connectivity index (χ0) is 24.8. The maximum Gasteiger partial charge on any atom is 0.255 e. The van der Waals surface area contributed by atoms with Crippen molar-refractivity contribution in [1.29, 1.82) is 0 Å². The molecule has 3 amide bonds. The van der Waals surface area contributed by atoms with Crippen molar-refractivity contribution >= 4 is 29.3 Å². The number of nitrogens with one attached hydrogen (secondary N) is 1. The average molecular weight is 509 g/mol. The van der Waals surface area contributed by atoms with Crippen LogP contribution in [0.1, 0.15) is 66.1 Å². The summed E-state index contributed by atoms with van der Waals surface area (Å²) in [4.78, 5) is 45.4. The monoisotopic (exact) mass is 508 g/mol. The Labute approximate surface area is 214 Å². The highest BCUT2D eigenvalue weighted by Crippen LogP contribution is 2.36. The zero-order valence-corrected chi connectivity index (χ0v) is 20.7. The smallest absolute Gasteiger partial charge is 0.255 e. The molecule has 8 nitrogen and oxygen atoms in total. The molecule has 0 radical (unpaired) electrons. The standard InChI is InChI=1S/C27H29ClN4O4/c28-18-5-8-21(29-12-18)17-13-31(14-17)22-3-1-2-4-24(22)36-19-6-7-20-16(11-19)15-32(27(20)35)23-9-10-25(33)30-26(23)34/h5-8,11-12,17,22-24H,1-4,9-10,13-15H2,(H,30,33,34)/t22-,23?,24-/m1/s1. The summed E-state index contributed by atoms with van der Waals surface area (Å²) in [6.07, 6.45) is 6.88. The van der Waals surface area contributed by atoms with Gasteiger partial charge in [-0.1, -0.05) is 18.0 Å². The van der Waals surface area contributed by atoms with Crippen molar-refractivity contribution in [3.63, 3.8) is 0 Å². The van der Waals surface area contributed by atoms with Crippen LogP contribution in [0.4, 0.5) is 0 Å². The van der Waals surface area contributed by atoms with E-state index in [2.05, 4.69) is 15.2 Å². The third kappa shape index (κ3) is 4.37. The minimum Gasteiger partial charge on any atom is -0.489 e. The number of ether oxygens (including phenoxy) is 1. The molecule has 1 aliphatic carbocycles. The first-order valence-corrected chi connectivity index (χ1v) is 13.1. The summed E-state index contributed by atoms with van der Waals surface area (Å²) < 4.78 is 6.53. The Morgan fingerprint density at radius 3 is 2.64 bits per heavy atom. The summed E-state index contributed by atoms with van der Waals surface area (Å²) in [6.45, 7) is 2.30. The van der Waals surface area contributed by atoms with Crippen LogP contribution in [0.25, 0.3) is 0 Å². The second kappa shape index (κ2) is 9.48. The van der Waals surface area contributed by atoms with Crippen LogP contribution >= 0.6 is 11.6 Å². The van der Waals surface area contributed by atoms with Gasteiger partial charge < -0.3 is 9.64 Å². The van der Waals surface area contributed by atoms with Gasteiger partial charge in [-0.25, -0.2) is 0 Å². The van der Waals surface area contributed by atoms with E-state index in [1.165, 1.54) is 6.42 Å². The SMILES string of the molecule is O=C1CCC(N2Cc3cc(O[C@@H]4CCCC[C@H]4N4CC(c5ccc(Cl)cn5)C4)ccc3C2=O)C(=O)N1. The highest BCUT2D eigenvalue weighted by atomic mass is 35.5. The van der Waals surface area contributed by atoms with Gasteiger partial charge in [-0.05, 0) is 61.6 Å². The van der Waals surface area contributed by atoms with Crippen molar-refractivity contribution in [3.05, 3.63) is 58.4 Å². The van der Waals surface area contributed by atoms with Crippen LogP contribution in [0.5, 0.6) is 5.75 Å². The number of carbonyl (C=O) groups excluding carboxylic acids is 3. The Balaban J connectivity index is 1.11. The van der Waals surface area contributed by atoms with E-state index in [-0.39, 0.29) is 24.3 Å². The number of imide groups is 1. The number of carbonyl (C=O) groups is 3. The molecule has 1 unspecified atom stereocenters. The van der Waals surface area contributed by atoms with Gasteiger partial charge >= 0.3 is 0 Å². The van der Waals surface area contributed by atoms with E-state index in [9.17, 15) is 14.4 Å². The molecule has 2 saturated heterocycles. The predicted octanol–water partition coefficient (Wildman–Crippen LogP) is 3.29. The van der Waals surface area contributed by atoms with Gasteiger partial charge in [-0.3, -0.25) is 29.6 Å². The van der Waals surface area contributed by atoms with Crippen LogP contribution in [0.15, 0.2) is 36.5 Å². The summed E-state index contributed by atoms with van der Waals surface area (Å²) in [7, 11) is 0. The molecule has 36 heavy (non-hydrogen) atoms. The molecule has 1 aromatic carbocycles. The van der Waals surface area contributed by atoms with Gasteiger partial charge in [0.15, 0.2) is 0 Å². The Morgan fingerprint density at radius 1 is 1.03 bits per heavy atom. The maximum absolute atomic E-state index is 13.0. The molecule has 0 spiro atoms. The molecule has 2 aromatic rings. The molecule has 1 saturated carbocycles. The average Bonchev–Trinajstić information content (AvgIpc) is 3.16. The summed E-state index contributed by atoms with van der Waals surface area (Å²) in [6, 6.07) is 9.29. The van der Waals surface area contributed by atoms with E-state index in [1.54, 1.807) is 11.1 Å². The number of hydrogen-bond acceptors (Lipinski definition) is 6. The number of hydrogen-bond donors (Lipinski definition) is 1. The number of aromatic nitrogens is 1. The van der Waals surface area contributed by atoms with Gasteiger partial charge in [0, 0.05) is 55.5 Å². The molecule has 4 heterocycles. The number of nitrogens with zero attached hydrogens (tertiary/aromatic N) is 3. The van der Waals surface area contributed by atoms with Crippen molar-refractivity contribution < 1.29 is 19.1 Å². The highest BCUT2D eigenvalue weighted by molar-refractivity contribution is 6.30. The van der Waals surface area contributed by atoms with Gasteiger partial charge in [-0.2, -0.15) is 0 Å². The molecule has 188 valence electrons. The van der Waals surface area contributed by atoms with Crippen molar-refractivity contribution in [1.82, 2.24) is 20.1 Å². The minimum atomic E-state index is -0.607. The second-order valence-corrected chi connectivity index (χ2v) is 10.7. The summed E-state index contributed by atoms with van der Waals surface area (Å²) in [5, 5.41) is 3.01. The first-order valence-electron chi connectivity index (χ1n) is 12.8. The predicted molar refractivity (Wildman–Crippen MR) is 133 cm³/mol. The number of benzene rings is 1. The molecule has 6 rings (SSSR count). The van der Waals surface area contributed by atoms with E-state index in [0.717, 1.165) is 49.4 Å². The lowest BCUT2D eigenvalue weighted by Crippen LogP contribution is -2.57. The number of pyridine rings is 1. The summed E-state index contributed by atoms with van der Waals surface area (Å²) >= 11 is 5.99. The maximum atomic E-state index is 13.0. The van der Waals surface area contributed by atoms with Crippen molar-refractivity contribution in [2.45, 2.75) is 69.2 Å². The van der Waals surface area contributed by atoms with Crippen molar-refractivity contribution in [2.24, 2.45) is 0 Å². The fourth-order valence-corrected chi connectivity index (χ4v) is 6.14. The normalized spacial score (nSPS) is 27.0. The Morgan fingerprint density at radius 2 is 1.86 bits per heavy atom. The number of rotatable bonds is 5. The Kier molecular flexibility index (Phi) is 6.17. The Hall–Kier alpha value is -2.97. The van der Waals surface area contributed by atoms with Crippen LogP contribution in [0.2, 0.25) is 5.02 Å². The summed E-state index contributed by atoms with van der Waals surface area (Å²) in [5.74, 6) is 0.352. The molecule has 3 atom stereocenters. The molecule has 4 aliphatic rings. The van der Waals surface area contributed by atoms with Gasteiger partial charge in [-0.15, -0.1) is 0 Å². The fraction of sp³-hybridized carbons (Fsp3) is 0.481. The number of halogens is 1. The van der Waals surface area contributed by atoms with Gasteiger partial charge in [0.25, 0.3) is 5.91 Å². The van der Waals surface area contributed by atoms with Crippen LogP contribution in [0, 0.1) is 0 Å². The van der Waals surface area contributed by atoms with E-state index in [1.807, 2.05) is 30.3 Å². The molecule has 3 aliphatic heterocycles. The third-order valence-electron chi connectivity index (χ3n) is 8.00. The number of amides is 3. The summed E-state index contributed by atoms with van der Waals surface area (Å²) in [5.41, 5.74) is 2.56. The van der Waals surface area contributed by atoms with E-state index < -0.39 is 11.9 Å². The quantitative estimate of drug-likeness (QED) is 0.623. The number of piperidine rings is 1. The molecular weight excluding hydrogens is 480 g/mol. The molecule has 1 N–H and O–H groups in total. The van der Waals surface area contributed by atoms with Crippen LogP contribution in [0.3, 0.4) is 0 Å². The number of fused-ring (bicyclic) bond motifs is 1. The Bertz CT molecular complexity index is 1200.